The molecule has 3 aromatic rings. The van der Waals surface area contributed by atoms with E-state index in [2.05, 4.69) is 9.71 Å². The lowest BCUT2D eigenvalue weighted by atomic mass is 9.98. The molecule has 0 radical (unpaired) electrons. The second-order valence-electron chi connectivity index (χ2n) is 6.06. The number of allylic oxidation sites excluding steroid dienone is 1. The van der Waals surface area contributed by atoms with Gasteiger partial charge in [-0.05, 0) is 35.4 Å². The highest BCUT2D eigenvalue weighted by atomic mass is 32.2. The van der Waals surface area contributed by atoms with Gasteiger partial charge in [0.2, 0.25) is 0 Å². The van der Waals surface area contributed by atoms with Crippen molar-refractivity contribution >= 4 is 15.7 Å². The molecule has 0 amide bonds. The molecule has 0 unspecified atom stereocenters. The Morgan fingerprint density at radius 1 is 1.00 bits per heavy atom. The van der Waals surface area contributed by atoms with Crippen LogP contribution in [-0.4, -0.2) is 13.4 Å². The SMILES string of the molecule is C[C@H](/C=C(\NS(=O)(=O)c1ccccn1)c1ccccc1)c1ccc(F)cc1. The van der Waals surface area contributed by atoms with Crippen LogP contribution in [0, 0.1) is 5.82 Å². The minimum atomic E-state index is -3.83. The van der Waals surface area contributed by atoms with Crippen LogP contribution in [0.3, 0.4) is 0 Å². The van der Waals surface area contributed by atoms with Crippen LogP contribution in [-0.2, 0) is 10.0 Å². The van der Waals surface area contributed by atoms with Gasteiger partial charge in [-0.1, -0.05) is 61.5 Å². The lowest BCUT2D eigenvalue weighted by molar-refractivity contribution is 0.587. The number of halogens is 1. The van der Waals surface area contributed by atoms with Crippen molar-refractivity contribution in [2.24, 2.45) is 0 Å². The monoisotopic (exact) mass is 382 g/mol. The molecular weight excluding hydrogens is 363 g/mol. The molecule has 1 heterocycles. The lowest BCUT2D eigenvalue weighted by Crippen LogP contribution is -2.23. The maximum atomic E-state index is 13.2. The molecule has 1 atom stereocenters. The molecule has 1 N–H and O–H groups in total. The lowest BCUT2D eigenvalue weighted by Gasteiger charge is -2.15. The molecule has 0 spiro atoms. The third-order valence-electron chi connectivity index (χ3n) is 4.05. The largest absolute Gasteiger partial charge is 0.279 e. The van der Waals surface area contributed by atoms with Crippen molar-refractivity contribution in [3.05, 3.63) is 102 Å². The predicted octanol–water partition coefficient (Wildman–Crippen LogP) is 4.34. The van der Waals surface area contributed by atoms with Crippen molar-refractivity contribution in [1.82, 2.24) is 9.71 Å². The van der Waals surface area contributed by atoms with Crippen molar-refractivity contribution in [2.45, 2.75) is 17.9 Å². The molecule has 0 bridgehead atoms. The van der Waals surface area contributed by atoms with Crippen LogP contribution in [0.25, 0.3) is 5.70 Å². The molecule has 0 aliphatic carbocycles. The van der Waals surface area contributed by atoms with Gasteiger partial charge in [0.05, 0.1) is 5.70 Å². The Labute approximate surface area is 158 Å². The second kappa shape index (κ2) is 8.14. The highest BCUT2D eigenvalue weighted by molar-refractivity contribution is 7.89. The van der Waals surface area contributed by atoms with E-state index >= 15 is 0 Å². The highest BCUT2D eigenvalue weighted by Crippen LogP contribution is 2.23. The van der Waals surface area contributed by atoms with Gasteiger partial charge >= 0.3 is 0 Å². The van der Waals surface area contributed by atoms with Crippen LogP contribution in [0.15, 0.2) is 90.1 Å². The molecule has 0 aliphatic heterocycles. The summed E-state index contributed by atoms with van der Waals surface area (Å²) in [5.74, 6) is -0.443. The number of aromatic nitrogens is 1. The molecule has 0 fully saturated rings. The molecule has 0 aliphatic rings. The topological polar surface area (TPSA) is 59.1 Å². The van der Waals surface area contributed by atoms with Gasteiger partial charge in [-0.15, -0.1) is 0 Å². The summed E-state index contributed by atoms with van der Waals surface area (Å²) in [6, 6.07) is 20.0. The number of rotatable bonds is 6. The van der Waals surface area contributed by atoms with Crippen molar-refractivity contribution in [3.63, 3.8) is 0 Å². The fraction of sp³-hybridized carbons (Fsp3) is 0.0952. The van der Waals surface area contributed by atoms with E-state index in [0.717, 1.165) is 11.1 Å². The van der Waals surface area contributed by atoms with Gasteiger partial charge < -0.3 is 0 Å². The number of hydrogen-bond donors (Lipinski definition) is 1. The van der Waals surface area contributed by atoms with Crippen molar-refractivity contribution in [2.75, 3.05) is 0 Å². The quantitative estimate of drug-likeness (QED) is 0.690. The standard InChI is InChI=1S/C21H19FN2O2S/c1-16(17-10-12-19(22)13-11-17)15-20(18-7-3-2-4-8-18)24-27(25,26)21-9-5-6-14-23-21/h2-16,24H,1H3/b20-15-/t16-/m1/s1. The van der Waals surface area contributed by atoms with Gasteiger partial charge in [-0.25, -0.2) is 9.37 Å². The summed E-state index contributed by atoms with van der Waals surface area (Å²) in [6.07, 6.45) is 3.24. The van der Waals surface area contributed by atoms with Crippen molar-refractivity contribution < 1.29 is 12.8 Å². The van der Waals surface area contributed by atoms with E-state index in [0.29, 0.717) is 5.70 Å². The summed E-state index contributed by atoms with van der Waals surface area (Å²) in [5.41, 5.74) is 2.05. The number of nitrogens with one attached hydrogen (secondary N) is 1. The average Bonchev–Trinajstić information content (AvgIpc) is 2.69. The zero-order chi connectivity index (χ0) is 19.3. The Bertz CT molecular complexity index is 1020. The van der Waals surface area contributed by atoms with Gasteiger partial charge in [-0.3, -0.25) is 4.72 Å². The van der Waals surface area contributed by atoms with Crippen LogP contribution >= 0.6 is 0 Å². The van der Waals surface area contributed by atoms with Crippen molar-refractivity contribution in [1.29, 1.82) is 0 Å². The maximum absolute atomic E-state index is 13.2. The van der Waals surface area contributed by atoms with Gasteiger partial charge in [0.25, 0.3) is 10.0 Å². The summed E-state index contributed by atoms with van der Waals surface area (Å²) >= 11 is 0. The minimum absolute atomic E-state index is 0.0544. The van der Waals surface area contributed by atoms with E-state index in [1.807, 2.05) is 43.3 Å². The predicted molar refractivity (Wildman–Crippen MR) is 104 cm³/mol. The molecule has 4 nitrogen and oxygen atoms in total. The Morgan fingerprint density at radius 3 is 2.30 bits per heavy atom. The minimum Gasteiger partial charge on any atom is -0.278 e. The van der Waals surface area contributed by atoms with Crippen molar-refractivity contribution in [3.8, 4) is 0 Å². The number of hydrogen-bond acceptors (Lipinski definition) is 3. The first-order valence-corrected chi connectivity index (χ1v) is 9.90. The fourth-order valence-corrected chi connectivity index (χ4v) is 3.66. The first-order chi connectivity index (χ1) is 13.0. The molecule has 0 saturated heterocycles. The second-order valence-corrected chi connectivity index (χ2v) is 7.69. The summed E-state index contributed by atoms with van der Waals surface area (Å²) in [6.45, 7) is 1.92. The molecule has 27 heavy (non-hydrogen) atoms. The van der Waals surface area contributed by atoms with Gasteiger partial charge in [0, 0.05) is 12.1 Å². The van der Waals surface area contributed by atoms with Gasteiger partial charge in [0.1, 0.15) is 5.82 Å². The molecule has 0 saturated carbocycles. The number of sulfonamides is 1. The first kappa shape index (κ1) is 18.8. The Balaban J connectivity index is 1.98. The summed E-state index contributed by atoms with van der Waals surface area (Å²) < 4.78 is 41.2. The average molecular weight is 382 g/mol. The summed E-state index contributed by atoms with van der Waals surface area (Å²) in [7, 11) is -3.83. The molecule has 1 aromatic heterocycles. The molecule has 2 aromatic carbocycles. The Hall–Kier alpha value is -2.99. The third kappa shape index (κ3) is 4.80. The van der Waals surface area contributed by atoms with Gasteiger partial charge in [-0.2, -0.15) is 8.42 Å². The number of nitrogens with zero attached hydrogens (tertiary/aromatic N) is 1. The van der Waals surface area contributed by atoms with E-state index < -0.39 is 10.0 Å². The van der Waals surface area contributed by atoms with Crippen LogP contribution in [0.4, 0.5) is 4.39 Å². The van der Waals surface area contributed by atoms with Crippen LogP contribution in [0.2, 0.25) is 0 Å². The zero-order valence-corrected chi connectivity index (χ0v) is 15.5. The van der Waals surface area contributed by atoms with Gasteiger partial charge in [0.15, 0.2) is 5.03 Å². The van der Waals surface area contributed by atoms with Crippen LogP contribution in [0.1, 0.15) is 24.0 Å². The zero-order valence-electron chi connectivity index (χ0n) is 14.7. The van der Waals surface area contributed by atoms with E-state index in [1.165, 1.54) is 24.4 Å². The van der Waals surface area contributed by atoms with E-state index in [9.17, 15) is 12.8 Å². The molecule has 138 valence electrons. The van der Waals surface area contributed by atoms with Crippen LogP contribution in [0.5, 0.6) is 0 Å². The number of pyridine rings is 1. The van der Waals surface area contributed by atoms with E-state index in [1.54, 1.807) is 24.3 Å². The summed E-state index contributed by atoms with van der Waals surface area (Å²) in [4.78, 5) is 3.92. The Morgan fingerprint density at radius 2 is 1.67 bits per heavy atom. The smallest absolute Gasteiger partial charge is 0.278 e. The highest BCUT2D eigenvalue weighted by Gasteiger charge is 2.18. The third-order valence-corrected chi connectivity index (χ3v) is 5.34. The van der Waals surface area contributed by atoms with Crippen LogP contribution < -0.4 is 4.72 Å². The number of benzene rings is 2. The normalized spacial score (nSPS) is 13.2. The maximum Gasteiger partial charge on any atom is 0.279 e. The van der Waals surface area contributed by atoms with E-state index in [4.69, 9.17) is 0 Å². The first-order valence-electron chi connectivity index (χ1n) is 8.42. The molecular formula is C21H19FN2O2S. The molecule has 3 rings (SSSR count). The molecule has 6 heteroatoms. The summed E-state index contributed by atoms with van der Waals surface area (Å²) in [5, 5.41) is -0.0544. The Kier molecular flexibility index (Phi) is 5.66. The fourth-order valence-electron chi connectivity index (χ4n) is 2.62. The van der Waals surface area contributed by atoms with E-state index in [-0.39, 0.29) is 16.8 Å².